The predicted molar refractivity (Wildman–Crippen MR) is 86.0 cm³/mol. The molecular formula is C17H22N2O3. The van der Waals surface area contributed by atoms with Gasteiger partial charge in [0, 0.05) is 31.4 Å². The lowest BCUT2D eigenvalue weighted by molar-refractivity contribution is -0.122. The van der Waals surface area contributed by atoms with Crippen LogP contribution in [-0.4, -0.2) is 34.9 Å². The Kier molecular flexibility index (Phi) is 9.21. The first-order valence-corrected chi connectivity index (χ1v) is 7.37. The summed E-state index contributed by atoms with van der Waals surface area (Å²) in [4.78, 5) is 26.3. The van der Waals surface area contributed by atoms with Crippen molar-refractivity contribution < 1.29 is 14.7 Å². The molecule has 1 rings (SSSR count). The fourth-order valence-electron chi connectivity index (χ4n) is 1.76. The van der Waals surface area contributed by atoms with Crippen molar-refractivity contribution in [2.24, 2.45) is 0 Å². The molecule has 0 saturated carbocycles. The Morgan fingerprint density at radius 1 is 1.14 bits per heavy atom. The molecule has 0 spiro atoms. The molecule has 0 fully saturated rings. The number of aromatic nitrogens is 1. The highest BCUT2D eigenvalue weighted by Gasteiger charge is 1.99. The maximum Gasteiger partial charge on any atom is 0.243 e. The molecule has 0 radical (unpaired) electrons. The van der Waals surface area contributed by atoms with Gasteiger partial charge in [0.05, 0.1) is 0 Å². The molecule has 118 valence electrons. The Balaban J connectivity index is 2.09. The van der Waals surface area contributed by atoms with E-state index in [-0.39, 0.29) is 18.3 Å². The zero-order valence-corrected chi connectivity index (χ0v) is 12.6. The lowest BCUT2D eigenvalue weighted by Crippen LogP contribution is -2.22. The summed E-state index contributed by atoms with van der Waals surface area (Å²) in [5, 5.41) is 11.3. The van der Waals surface area contributed by atoms with Gasteiger partial charge in [0.1, 0.15) is 6.61 Å². The van der Waals surface area contributed by atoms with Crippen LogP contribution < -0.4 is 5.32 Å². The highest BCUT2D eigenvalue weighted by molar-refractivity contribution is 5.87. The van der Waals surface area contributed by atoms with Crippen LogP contribution >= 0.6 is 0 Å². The number of aliphatic hydroxyl groups excluding tert-OH is 1. The molecule has 0 aliphatic rings. The SMILES string of the molecule is O=C(CO)CCCCCNC(=O)/C=C/C=C/c1ccncc1. The summed E-state index contributed by atoms with van der Waals surface area (Å²) in [6.07, 6.45) is 13.1. The van der Waals surface area contributed by atoms with E-state index in [2.05, 4.69) is 10.3 Å². The molecule has 1 heterocycles. The zero-order valence-electron chi connectivity index (χ0n) is 12.6. The largest absolute Gasteiger partial charge is 0.389 e. The number of nitrogens with zero attached hydrogens (tertiary/aromatic N) is 1. The first-order chi connectivity index (χ1) is 10.7. The van der Waals surface area contributed by atoms with Gasteiger partial charge in [-0.3, -0.25) is 14.6 Å². The second-order valence-corrected chi connectivity index (χ2v) is 4.80. The number of pyridine rings is 1. The minimum atomic E-state index is -0.380. The fraction of sp³-hybridized carbons (Fsp3) is 0.353. The number of unbranched alkanes of at least 4 members (excludes halogenated alkanes) is 2. The minimum absolute atomic E-state index is 0.132. The Morgan fingerprint density at radius 2 is 1.91 bits per heavy atom. The number of amides is 1. The van der Waals surface area contributed by atoms with Gasteiger partial charge in [0.2, 0.25) is 5.91 Å². The van der Waals surface area contributed by atoms with Crippen LogP contribution in [0, 0.1) is 0 Å². The number of hydrogen-bond donors (Lipinski definition) is 2. The van der Waals surface area contributed by atoms with E-state index in [0.29, 0.717) is 13.0 Å². The van der Waals surface area contributed by atoms with Gasteiger partial charge in [0.15, 0.2) is 5.78 Å². The maximum absolute atomic E-state index is 11.5. The third-order valence-corrected chi connectivity index (χ3v) is 2.96. The summed E-state index contributed by atoms with van der Waals surface area (Å²) in [7, 11) is 0. The number of allylic oxidation sites excluding steroid dienone is 2. The van der Waals surface area contributed by atoms with E-state index in [1.165, 1.54) is 6.08 Å². The second kappa shape index (κ2) is 11.4. The third-order valence-electron chi connectivity index (χ3n) is 2.96. The van der Waals surface area contributed by atoms with Crippen LogP contribution in [0.1, 0.15) is 31.2 Å². The van der Waals surface area contributed by atoms with Crippen molar-refractivity contribution in [3.05, 3.63) is 48.3 Å². The van der Waals surface area contributed by atoms with E-state index in [1.54, 1.807) is 24.5 Å². The van der Waals surface area contributed by atoms with E-state index in [1.807, 2.05) is 18.2 Å². The Morgan fingerprint density at radius 3 is 2.64 bits per heavy atom. The van der Waals surface area contributed by atoms with Crippen molar-refractivity contribution in [1.82, 2.24) is 10.3 Å². The lowest BCUT2D eigenvalue weighted by Gasteiger charge is -2.01. The Labute approximate surface area is 130 Å². The molecular weight excluding hydrogens is 280 g/mol. The van der Waals surface area contributed by atoms with Gasteiger partial charge in [-0.2, -0.15) is 0 Å². The molecule has 5 nitrogen and oxygen atoms in total. The molecule has 0 bridgehead atoms. The van der Waals surface area contributed by atoms with Crippen LogP contribution in [0.25, 0.3) is 6.08 Å². The Bertz CT molecular complexity index is 510. The molecule has 1 aromatic heterocycles. The summed E-state index contributed by atoms with van der Waals surface area (Å²) in [5.41, 5.74) is 1.03. The molecule has 1 aromatic rings. The number of aliphatic hydroxyl groups is 1. The molecule has 0 atom stereocenters. The van der Waals surface area contributed by atoms with Crippen LogP contribution in [0.5, 0.6) is 0 Å². The summed E-state index contributed by atoms with van der Waals surface area (Å²) >= 11 is 0. The summed E-state index contributed by atoms with van der Waals surface area (Å²) in [5.74, 6) is -0.265. The molecule has 0 saturated heterocycles. The van der Waals surface area contributed by atoms with Crippen molar-refractivity contribution in [2.45, 2.75) is 25.7 Å². The summed E-state index contributed by atoms with van der Waals surface area (Å²) in [6.45, 7) is 0.207. The smallest absolute Gasteiger partial charge is 0.243 e. The highest BCUT2D eigenvalue weighted by atomic mass is 16.3. The molecule has 22 heavy (non-hydrogen) atoms. The number of carbonyl (C=O) groups excluding carboxylic acids is 2. The standard InChI is InChI=1S/C17H22N2O3/c20-14-16(21)7-2-1-5-11-19-17(22)8-4-3-6-15-9-12-18-13-10-15/h3-4,6,8-10,12-13,20H,1-2,5,7,11,14H2,(H,19,22)/b6-3+,8-4+. The molecule has 5 heteroatoms. The van der Waals surface area contributed by atoms with Gasteiger partial charge in [-0.15, -0.1) is 0 Å². The number of nitrogens with one attached hydrogen (secondary N) is 1. The van der Waals surface area contributed by atoms with Gasteiger partial charge in [-0.1, -0.05) is 24.6 Å². The second-order valence-electron chi connectivity index (χ2n) is 4.80. The number of hydrogen-bond acceptors (Lipinski definition) is 4. The quantitative estimate of drug-likeness (QED) is 0.393. The average Bonchev–Trinajstić information content (AvgIpc) is 2.55. The van der Waals surface area contributed by atoms with Gasteiger partial charge in [-0.05, 0) is 30.5 Å². The monoisotopic (exact) mass is 302 g/mol. The normalized spacial score (nSPS) is 11.1. The molecule has 0 unspecified atom stereocenters. The number of ketones is 1. The topological polar surface area (TPSA) is 79.3 Å². The predicted octanol–water partition coefficient (Wildman–Crippen LogP) is 1.89. The van der Waals surface area contributed by atoms with E-state index in [0.717, 1.165) is 24.8 Å². The molecule has 1 amide bonds. The average molecular weight is 302 g/mol. The first-order valence-electron chi connectivity index (χ1n) is 7.37. The van der Waals surface area contributed by atoms with Crippen LogP contribution in [0.2, 0.25) is 0 Å². The van der Waals surface area contributed by atoms with Crippen LogP contribution in [0.3, 0.4) is 0 Å². The first kappa shape index (κ1) is 17.8. The molecule has 0 aromatic carbocycles. The van der Waals surface area contributed by atoms with E-state index in [4.69, 9.17) is 5.11 Å². The third kappa shape index (κ3) is 8.81. The van der Waals surface area contributed by atoms with Crippen molar-refractivity contribution in [1.29, 1.82) is 0 Å². The lowest BCUT2D eigenvalue weighted by atomic mass is 10.1. The summed E-state index contributed by atoms with van der Waals surface area (Å²) in [6, 6.07) is 3.76. The van der Waals surface area contributed by atoms with Gasteiger partial charge in [-0.25, -0.2) is 0 Å². The van der Waals surface area contributed by atoms with E-state index < -0.39 is 0 Å². The van der Waals surface area contributed by atoms with Crippen molar-refractivity contribution >= 4 is 17.8 Å². The van der Waals surface area contributed by atoms with Crippen molar-refractivity contribution in [3.63, 3.8) is 0 Å². The van der Waals surface area contributed by atoms with E-state index in [9.17, 15) is 9.59 Å². The van der Waals surface area contributed by atoms with Gasteiger partial charge < -0.3 is 10.4 Å². The van der Waals surface area contributed by atoms with Crippen molar-refractivity contribution in [2.75, 3.05) is 13.2 Å². The number of carbonyl (C=O) groups is 2. The highest BCUT2D eigenvalue weighted by Crippen LogP contribution is 2.00. The van der Waals surface area contributed by atoms with Gasteiger partial charge >= 0.3 is 0 Å². The van der Waals surface area contributed by atoms with Crippen LogP contribution in [0.4, 0.5) is 0 Å². The fourth-order valence-corrected chi connectivity index (χ4v) is 1.76. The van der Waals surface area contributed by atoms with Gasteiger partial charge in [0.25, 0.3) is 0 Å². The van der Waals surface area contributed by atoms with E-state index >= 15 is 0 Å². The van der Waals surface area contributed by atoms with Crippen LogP contribution in [-0.2, 0) is 9.59 Å². The minimum Gasteiger partial charge on any atom is -0.389 e. The molecule has 2 N–H and O–H groups in total. The maximum atomic E-state index is 11.5. The molecule has 0 aliphatic carbocycles. The zero-order chi connectivity index (χ0) is 16.0. The molecule has 0 aliphatic heterocycles. The van der Waals surface area contributed by atoms with Crippen LogP contribution in [0.15, 0.2) is 42.8 Å². The Hall–Kier alpha value is -2.27. The summed E-state index contributed by atoms with van der Waals surface area (Å²) < 4.78 is 0. The number of Topliss-reactive ketones (excluding diaryl/α,β-unsaturated/α-hetero) is 1. The number of rotatable bonds is 10. The van der Waals surface area contributed by atoms with Crippen molar-refractivity contribution in [3.8, 4) is 0 Å².